The summed E-state index contributed by atoms with van der Waals surface area (Å²) in [7, 11) is 0. The molecule has 2 saturated heterocycles. The Kier molecular flexibility index (Phi) is 5.76. The molecule has 0 bridgehead atoms. The first kappa shape index (κ1) is 19.9. The van der Waals surface area contributed by atoms with Crippen LogP contribution in [0, 0.1) is 0 Å². The Bertz CT molecular complexity index is 1050. The standard InChI is InChI=1S/C24H27N5O2/c30-22(28-12-3-4-13-28)17-29(16-19-8-6-14-31-19)24-20-9-1-2-10-21(20)26-23(27-24)18-7-5-11-25-15-18/h1-2,5,7,9-11,15,19H,3-4,6,8,12-14,16-17H2. The molecule has 5 rings (SSSR count). The molecule has 1 amide bonds. The van der Waals surface area contributed by atoms with Crippen molar-refractivity contribution in [3.05, 3.63) is 48.8 Å². The summed E-state index contributed by atoms with van der Waals surface area (Å²) in [5.41, 5.74) is 1.72. The molecule has 0 radical (unpaired) electrons. The lowest BCUT2D eigenvalue weighted by atomic mass is 10.1. The third-order valence-electron chi connectivity index (χ3n) is 6.04. The van der Waals surface area contributed by atoms with Crippen LogP contribution in [0.2, 0.25) is 0 Å². The lowest BCUT2D eigenvalue weighted by molar-refractivity contribution is -0.128. The van der Waals surface area contributed by atoms with E-state index >= 15 is 0 Å². The third-order valence-corrected chi connectivity index (χ3v) is 6.04. The van der Waals surface area contributed by atoms with Gasteiger partial charge in [0.2, 0.25) is 5.91 Å². The molecular weight excluding hydrogens is 390 g/mol. The van der Waals surface area contributed by atoms with Crippen LogP contribution in [0.5, 0.6) is 0 Å². The van der Waals surface area contributed by atoms with E-state index in [0.717, 1.165) is 67.7 Å². The second-order valence-electron chi connectivity index (χ2n) is 8.23. The van der Waals surface area contributed by atoms with Gasteiger partial charge < -0.3 is 14.5 Å². The lowest BCUT2D eigenvalue weighted by Gasteiger charge is -2.29. The SMILES string of the molecule is O=C(CN(CC1CCCO1)c1nc(-c2cccnc2)nc2ccccc12)N1CCCC1. The molecule has 0 aliphatic carbocycles. The fraction of sp³-hybridized carbons (Fsp3) is 0.417. The van der Waals surface area contributed by atoms with Crippen LogP contribution >= 0.6 is 0 Å². The molecule has 1 aromatic carbocycles. The smallest absolute Gasteiger partial charge is 0.242 e. The Hall–Kier alpha value is -3.06. The molecule has 7 nitrogen and oxygen atoms in total. The number of para-hydroxylation sites is 1. The van der Waals surface area contributed by atoms with Crippen LogP contribution in [-0.4, -0.2) is 64.6 Å². The second kappa shape index (κ2) is 8.98. The number of benzene rings is 1. The quantitative estimate of drug-likeness (QED) is 0.613. The highest BCUT2D eigenvalue weighted by Crippen LogP contribution is 2.29. The van der Waals surface area contributed by atoms with Gasteiger partial charge in [0.05, 0.1) is 18.2 Å². The first-order chi connectivity index (χ1) is 15.3. The van der Waals surface area contributed by atoms with E-state index in [9.17, 15) is 4.79 Å². The second-order valence-corrected chi connectivity index (χ2v) is 8.23. The van der Waals surface area contributed by atoms with E-state index in [-0.39, 0.29) is 12.0 Å². The molecule has 0 spiro atoms. The largest absolute Gasteiger partial charge is 0.376 e. The van der Waals surface area contributed by atoms with Gasteiger partial charge in [-0.3, -0.25) is 9.78 Å². The first-order valence-electron chi connectivity index (χ1n) is 11.1. The maximum absolute atomic E-state index is 13.1. The van der Waals surface area contributed by atoms with Gasteiger partial charge in [-0.15, -0.1) is 0 Å². The molecule has 2 aromatic heterocycles. The Labute approximate surface area is 182 Å². The number of pyridine rings is 1. The Morgan fingerprint density at radius 2 is 1.97 bits per heavy atom. The van der Waals surface area contributed by atoms with Crippen LogP contribution in [0.3, 0.4) is 0 Å². The van der Waals surface area contributed by atoms with Gasteiger partial charge in [0.25, 0.3) is 0 Å². The number of carbonyl (C=O) groups is 1. The van der Waals surface area contributed by atoms with Gasteiger partial charge in [-0.1, -0.05) is 12.1 Å². The minimum Gasteiger partial charge on any atom is -0.376 e. The molecule has 31 heavy (non-hydrogen) atoms. The fourth-order valence-electron chi connectivity index (χ4n) is 4.41. The third kappa shape index (κ3) is 4.37. The zero-order chi connectivity index (χ0) is 21.0. The van der Waals surface area contributed by atoms with Gasteiger partial charge in [0.15, 0.2) is 5.82 Å². The number of rotatable bonds is 6. The zero-order valence-electron chi connectivity index (χ0n) is 17.6. The number of ether oxygens (including phenoxy) is 1. The number of carbonyl (C=O) groups excluding carboxylic acids is 1. The molecule has 2 aliphatic rings. The van der Waals surface area contributed by atoms with E-state index in [1.807, 2.05) is 41.3 Å². The van der Waals surface area contributed by atoms with E-state index in [4.69, 9.17) is 14.7 Å². The summed E-state index contributed by atoms with van der Waals surface area (Å²) in [6, 6.07) is 11.8. The van der Waals surface area contributed by atoms with Gasteiger partial charge in [-0.05, 0) is 49.9 Å². The van der Waals surface area contributed by atoms with E-state index in [2.05, 4.69) is 9.88 Å². The van der Waals surface area contributed by atoms with Crippen molar-refractivity contribution in [2.24, 2.45) is 0 Å². The number of anilines is 1. The monoisotopic (exact) mass is 417 g/mol. The van der Waals surface area contributed by atoms with Crippen molar-refractivity contribution in [3.63, 3.8) is 0 Å². The molecule has 0 N–H and O–H groups in total. The van der Waals surface area contributed by atoms with Crippen molar-refractivity contribution in [1.29, 1.82) is 0 Å². The summed E-state index contributed by atoms with van der Waals surface area (Å²) in [4.78, 5) is 31.1. The van der Waals surface area contributed by atoms with E-state index in [1.165, 1.54) is 0 Å². The summed E-state index contributed by atoms with van der Waals surface area (Å²) in [5.74, 6) is 1.56. The van der Waals surface area contributed by atoms with Crippen molar-refractivity contribution < 1.29 is 9.53 Å². The highest BCUT2D eigenvalue weighted by atomic mass is 16.5. The van der Waals surface area contributed by atoms with Crippen molar-refractivity contribution in [2.45, 2.75) is 31.8 Å². The number of likely N-dealkylation sites (tertiary alicyclic amines) is 1. The summed E-state index contributed by atoms with van der Waals surface area (Å²) < 4.78 is 5.92. The summed E-state index contributed by atoms with van der Waals surface area (Å²) in [6.07, 6.45) is 7.86. The molecule has 4 heterocycles. The van der Waals surface area contributed by atoms with Crippen molar-refractivity contribution in [1.82, 2.24) is 19.9 Å². The van der Waals surface area contributed by atoms with Crippen LogP contribution in [0.15, 0.2) is 48.8 Å². The topological polar surface area (TPSA) is 71.5 Å². The number of hydrogen-bond acceptors (Lipinski definition) is 6. The van der Waals surface area contributed by atoms with Gasteiger partial charge >= 0.3 is 0 Å². The lowest BCUT2D eigenvalue weighted by Crippen LogP contribution is -2.42. The van der Waals surface area contributed by atoms with Crippen LogP contribution < -0.4 is 4.90 Å². The molecule has 2 aliphatic heterocycles. The maximum Gasteiger partial charge on any atom is 0.242 e. The van der Waals surface area contributed by atoms with Crippen molar-refractivity contribution in [2.75, 3.05) is 37.7 Å². The van der Waals surface area contributed by atoms with Crippen LogP contribution in [0.25, 0.3) is 22.3 Å². The maximum atomic E-state index is 13.1. The number of aromatic nitrogens is 3. The van der Waals surface area contributed by atoms with E-state index in [0.29, 0.717) is 18.9 Å². The van der Waals surface area contributed by atoms with Crippen LogP contribution in [-0.2, 0) is 9.53 Å². The molecule has 7 heteroatoms. The predicted molar refractivity (Wildman–Crippen MR) is 120 cm³/mol. The van der Waals surface area contributed by atoms with Gasteiger partial charge in [0.1, 0.15) is 5.82 Å². The van der Waals surface area contributed by atoms with E-state index < -0.39 is 0 Å². The first-order valence-corrected chi connectivity index (χ1v) is 11.1. The number of fused-ring (bicyclic) bond motifs is 1. The molecule has 3 aromatic rings. The van der Waals surface area contributed by atoms with E-state index in [1.54, 1.807) is 12.4 Å². The van der Waals surface area contributed by atoms with Crippen LogP contribution in [0.4, 0.5) is 5.82 Å². The summed E-state index contributed by atoms with van der Waals surface area (Å²) >= 11 is 0. The fourth-order valence-corrected chi connectivity index (χ4v) is 4.41. The Morgan fingerprint density at radius 1 is 1.10 bits per heavy atom. The van der Waals surface area contributed by atoms with Gasteiger partial charge in [-0.25, -0.2) is 9.97 Å². The van der Waals surface area contributed by atoms with Crippen molar-refractivity contribution in [3.8, 4) is 11.4 Å². The number of hydrogen-bond donors (Lipinski definition) is 0. The summed E-state index contributed by atoms with van der Waals surface area (Å²) in [5, 5.41) is 0.947. The minimum atomic E-state index is 0.113. The number of amides is 1. The molecule has 1 atom stereocenters. The molecule has 2 fully saturated rings. The molecular formula is C24H27N5O2. The predicted octanol–water partition coefficient (Wildman–Crippen LogP) is 3.30. The van der Waals surface area contributed by atoms with Crippen LogP contribution in [0.1, 0.15) is 25.7 Å². The minimum absolute atomic E-state index is 0.113. The highest BCUT2D eigenvalue weighted by molar-refractivity contribution is 5.93. The van der Waals surface area contributed by atoms with Gasteiger partial charge in [-0.2, -0.15) is 0 Å². The molecule has 1 unspecified atom stereocenters. The number of nitrogens with zero attached hydrogens (tertiary/aromatic N) is 5. The molecule has 0 saturated carbocycles. The highest BCUT2D eigenvalue weighted by Gasteiger charge is 2.27. The average molecular weight is 418 g/mol. The Morgan fingerprint density at radius 3 is 2.74 bits per heavy atom. The zero-order valence-corrected chi connectivity index (χ0v) is 17.6. The Balaban J connectivity index is 1.56. The molecule has 160 valence electrons. The van der Waals surface area contributed by atoms with Crippen molar-refractivity contribution >= 4 is 22.6 Å². The average Bonchev–Trinajstić information content (AvgIpc) is 3.53. The van der Waals surface area contributed by atoms with Gasteiger partial charge in [0, 0.05) is 49.6 Å². The normalized spacial score (nSPS) is 18.6. The summed E-state index contributed by atoms with van der Waals surface area (Å²) in [6.45, 7) is 3.42.